The van der Waals surface area contributed by atoms with Gasteiger partial charge in [0.15, 0.2) is 11.6 Å². The molecule has 1 atom stereocenters. The van der Waals surface area contributed by atoms with Crippen molar-refractivity contribution < 1.29 is 13.9 Å². The van der Waals surface area contributed by atoms with Crippen molar-refractivity contribution in [1.29, 1.82) is 0 Å². The smallest absolute Gasteiger partial charge is 0.245 e. The molecule has 1 unspecified atom stereocenters. The van der Waals surface area contributed by atoms with E-state index in [2.05, 4.69) is 16.8 Å². The topological polar surface area (TPSA) is 41.6 Å². The monoisotopic (exact) mass is 348 g/mol. The highest BCUT2D eigenvalue weighted by molar-refractivity contribution is 7.10. The van der Waals surface area contributed by atoms with E-state index in [4.69, 9.17) is 4.74 Å². The maximum absolute atomic E-state index is 13.9. The van der Waals surface area contributed by atoms with Crippen LogP contribution in [0.3, 0.4) is 0 Å². The summed E-state index contributed by atoms with van der Waals surface area (Å²) in [6.45, 7) is 5.42. The first kappa shape index (κ1) is 16.8. The number of nitrogens with one attached hydrogen (secondary N) is 1. The molecule has 6 heteroatoms. The Kier molecular flexibility index (Phi) is 5.04. The molecule has 1 N–H and O–H groups in total. The Bertz CT molecular complexity index is 732. The van der Waals surface area contributed by atoms with E-state index < -0.39 is 11.9 Å². The van der Waals surface area contributed by atoms with Crippen molar-refractivity contribution >= 4 is 22.9 Å². The summed E-state index contributed by atoms with van der Waals surface area (Å²) in [6.07, 6.45) is 0.906. The number of benzene rings is 1. The van der Waals surface area contributed by atoms with Crippen molar-refractivity contribution in [1.82, 2.24) is 4.90 Å². The number of fused-ring (bicyclic) bond motifs is 1. The van der Waals surface area contributed by atoms with Gasteiger partial charge in [-0.2, -0.15) is 0 Å². The number of carbonyl (C=O) groups excluding carboxylic acids is 1. The summed E-state index contributed by atoms with van der Waals surface area (Å²) in [5.41, 5.74) is 1.81. The lowest BCUT2D eigenvalue weighted by Gasteiger charge is -2.30. The maximum atomic E-state index is 13.9. The van der Waals surface area contributed by atoms with Gasteiger partial charge in [0.25, 0.3) is 0 Å². The van der Waals surface area contributed by atoms with Gasteiger partial charge in [-0.3, -0.25) is 4.79 Å². The van der Waals surface area contributed by atoms with Gasteiger partial charge in [0.05, 0.1) is 6.61 Å². The van der Waals surface area contributed by atoms with Gasteiger partial charge in [0.1, 0.15) is 6.04 Å². The van der Waals surface area contributed by atoms with E-state index in [1.54, 1.807) is 30.4 Å². The van der Waals surface area contributed by atoms with E-state index in [0.717, 1.165) is 13.0 Å². The first-order chi connectivity index (χ1) is 11.6. The first-order valence-electron chi connectivity index (χ1n) is 8.11. The minimum absolute atomic E-state index is 0.0288. The molecule has 1 aromatic heterocycles. The van der Waals surface area contributed by atoms with Crippen LogP contribution in [0.25, 0.3) is 0 Å². The largest absolute Gasteiger partial charge is 0.491 e. The van der Waals surface area contributed by atoms with Crippen molar-refractivity contribution in [3.8, 4) is 5.75 Å². The highest BCUT2D eigenvalue weighted by atomic mass is 32.1. The summed E-state index contributed by atoms with van der Waals surface area (Å²) in [5.74, 6) is -0.174. The molecule has 1 aliphatic heterocycles. The normalized spacial score (nSPS) is 14.9. The Labute approximate surface area is 145 Å². The van der Waals surface area contributed by atoms with Gasteiger partial charge in [-0.25, -0.2) is 4.39 Å². The number of amides is 1. The first-order valence-corrected chi connectivity index (χ1v) is 8.99. The highest BCUT2D eigenvalue weighted by Gasteiger charge is 2.25. The molecule has 4 nitrogen and oxygen atoms in total. The Balaban J connectivity index is 1.63. The van der Waals surface area contributed by atoms with Crippen LogP contribution in [0.2, 0.25) is 0 Å². The van der Waals surface area contributed by atoms with E-state index >= 15 is 0 Å². The minimum Gasteiger partial charge on any atom is -0.491 e. The second kappa shape index (κ2) is 7.21. The Morgan fingerprint density at radius 2 is 2.29 bits per heavy atom. The summed E-state index contributed by atoms with van der Waals surface area (Å²) in [6, 6.07) is 6.34. The quantitative estimate of drug-likeness (QED) is 0.896. The third kappa shape index (κ3) is 3.53. The number of hydrogen-bond acceptors (Lipinski definition) is 4. The Morgan fingerprint density at radius 1 is 1.46 bits per heavy atom. The molecule has 0 spiro atoms. The molecule has 3 rings (SSSR count). The van der Waals surface area contributed by atoms with E-state index in [9.17, 15) is 9.18 Å². The van der Waals surface area contributed by atoms with Crippen LogP contribution in [0.1, 0.15) is 24.3 Å². The van der Waals surface area contributed by atoms with Crippen LogP contribution >= 0.6 is 11.3 Å². The third-order valence-electron chi connectivity index (χ3n) is 4.10. The van der Waals surface area contributed by atoms with Gasteiger partial charge in [0, 0.05) is 29.7 Å². The number of nitrogens with zero attached hydrogens (tertiary/aromatic N) is 1. The van der Waals surface area contributed by atoms with Crippen LogP contribution in [-0.2, 0) is 17.8 Å². The summed E-state index contributed by atoms with van der Waals surface area (Å²) in [7, 11) is 0. The SMILES string of the molecule is CCOc1ccc(NC(C)C(=O)N2CCc3sccc3C2)cc1F. The van der Waals surface area contributed by atoms with Crippen LogP contribution in [0.15, 0.2) is 29.6 Å². The summed E-state index contributed by atoms with van der Waals surface area (Å²) in [4.78, 5) is 15.9. The number of hydrogen-bond donors (Lipinski definition) is 1. The van der Waals surface area contributed by atoms with E-state index in [0.29, 0.717) is 18.8 Å². The molecule has 0 fully saturated rings. The third-order valence-corrected chi connectivity index (χ3v) is 5.13. The molecule has 128 valence electrons. The zero-order chi connectivity index (χ0) is 17.1. The Hall–Kier alpha value is -2.08. The fourth-order valence-electron chi connectivity index (χ4n) is 2.89. The molecular weight excluding hydrogens is 327 g/mol. The van der Waals surface area contributed by atoms with Gasteiger partial charge in [0.2, 0.25) is 5.91 Å². The Morgan fingerprint density at radius 3 is 3.04 bits per heavy atom. The molecule has 2 aromatic rings. The van der Waals surface area contributed by atoms with Crippen LogP contribution < -0.4 is 10.1 Å². The van der Waals surface area contributed by atoms with E-state index in [-0.39, 0.29) is 11.7 Å². The average Bonchev–Trinajstić information content (AvgIpc) is 3.04. The summed E-state index contributed by atoms with van der Waals surface area (Å²) < 4.78 is 19.1. The van der Waals surface area contributed by atoms with Gasteiger partial charge in [-0.15, -0.1) is 11.3 Å². The van der Waals surface area contributed by atoms with Crippen molar-refractivity contribution in [2.24, 2.45) is 0 Å². The van der Waals surface area contributed by atoms with Crippen molar-refractivity contribution in [3.05, 3.63) is 45.9 Å². The molecule has 0 radical (unpaired) electrons. The van der Waals surface area contributed by atoms with Crippen LogP contribution in [0, 0.1) is 5.82 Å². The second-order valence-electron chi connectivity index (χ2n) is 5.82. The lowest BCUT2D eigenvalue weighted by molar-refractivity contribution is -0.132. The van der Waals surface area contributed by atoms with E-state index in [1.165, 1.54) is 16.5 Å². The summed E-state index contributed by atoms with van der Waals surface area (Å²) >= 11 is 1.75. The molecule has 2 heterocycles. The zero-order valence-corrected chi connectivity index (χ0v) is 14.7. The van der Waals surface area contributed by atoms with Gasteiger partial charge < -0.3 is 15.0 Å². The lowest BCUT2D eigenvalue weighted by atomic mass is 10.1. The number of carbonyl (C=O) groups is 1. The molecule has 24 heavy (non-hydrogen) atoms. The van der Waals surface area contributed by atoms with Crippen molar-refractivity contribution in [3.63, 3.8) is 0 Å². The summed E-state index contributed by atoms with van der Waals surface area (Å²) in [5, 5.41) is 5.16. The zero-order valence-electron chi connectivity index (χ0n) is 13.8. The average molecular weight is 348 g/mol. The molecule has 1 aromatic carbocycles. The van der Waals surface area contributed by atoms with Crippen molar-refractivity contribution in [2.75, 3.05) is 18.5 Å². The standard InChI is InChI=1S/C18H21FN2O2S/c1-3-23-16-5-4-14(10-15(16)19)20-12(2)18(22)21-8-6-17-13(11-21)7-9-24-17/h4-5,7,9-10,12,20H,3,6,8,11H2,1-2H3. The number of ether oxygens (including phenoxy) is 1. The second-order valence-corrected chi connectivity index (χ2v) is 6.82. The molecule has 0 bridgehead atoms. The van der Waals surface area contributed by atoms with Crippen LogP contribution in [0.5, 0.6) is 5.75 Å². The molecular formula is C18H21FN2O2S. The predicted octanol–water partition coefficient (Wildman–Crippen LogP) is 3.67. The lowest BCUT2D eigenvalue weighted by Crippen LogP contribution is -2.43. The number of rotatable bonds is 5. The highest BCUT2D eigenvalue weighted by Crippen LogP contribution is 2.25. The minimum atomic E-state index is -0.428. The van der Waals surface area contributed by atoms with Gasteiger partial charge in [-0.1, -0.05) is 0 Å². The predicted molar refractivity (Wildman–Crippen MR) is 94.1 cm³/mol. The number of thiophene rings is 1. The van der Waals surface area contributed by atoms with Gasteiger partial charge in [-0.05, 0) is 49.4 Å². The van der Waals surface area contributed by atoms with E-state index in [1.807, 2.05) is 11.8 Å². The fraction of sp³-hybridized carbons (Fsp3) is 0.389. The van der Waals surface area contributed by atoms with Crippen molar-refractivity contribution in [2.45, 2.75) is 32.9 Å². The van der Waals surface area contributed by atoms with Crippen LogP contribution in [0.4, 0.5) is 10.1 Å². The number of anilines is 1. The van der Waals surface area contributed by atoms with Gasteiger partial charge >= 0.3 is 0 Å². The maximum Gasteiger partial charge on any atom is 0.245 e. The molecule has 1 amide bonds. The molecule has 0 saturated carbocycles. The molecule has 0 aliphatic carbocycles. The molecule has 1 aliphatic rings. The number of halogens is 1. The van der Waals surface area contributed by atoms with Crippen LogP contribution in [-0.4, -0.2) is 30.0 Å². The fourth-order valence-corrected chi connectivity index (χ4v) is 3.78. The molecule has 0 saturated heterocycles.